The van der Waals surface area contributed by atoms with Crippen molar-refractivity contribution in [3.05, 3.63) is 28.2 Å². The number of cyclic esters (lactones) is 1. The minimum Gasteiger partial charge on any atom is -0.496 e. The van der Waals surface area contributed by atoms with Crippen LogP contribution < -0.4 is 4.74 Å². The predicted molar refractivity (Wildman–Crippen MR) is 98.6 cm³/mol. The molecule has 0 saturated carbocycles. The number of amides is 2. The second-order valence-electron chi connectivity index (χ2n) is 6.40. The third-order valence-electron chi connectivity index (χ3n) is 4.93. The highest BCUT2D eigenvalue weighted by Gasteiger charge is 2.44. The number of ether oxygens (including phenoxy) is 3. The van der Waals surface area contributed by atoms with Gasteiger partial charge in [-0.2, -0.15) is 0 Å². The van der Waals surface area contributed by atoms with Crippen LogP contribution >= 0.6 is 15.9 Å². The number of esters is 1. The number of carbonyl (C=O) groups excluding carboxylic acids is 3. The Bertz CT molecular complexity index is 747. The van der Waals surface area contributed by atoms with Gasteiger partial charge in [-0.3, -0.25) is 9.69 Å². The van der Waals surface area contributed by atoms with E-state index < -0.39 is 18.1 Å². The minimum atomic E-state index is -0.715. The molecule has 9 heteroatoms. The minimum absolute atomic E-state index is 0.00449. The number of rotatable bonds is 4. The van der Waals surface area contributed by atoms with E-state index in [1.807, 2.05) is 0 Å². The van der Waals surface area contributed by atoms with Gasteiger partial charge in [-0.25, -0.2) is 9.59 Å². The summed E-state index contributed by atoms with van der Waals surface area (Å²) in [6.07, 6.45) is 0.645. The van der Waals surface area contributed by atoms with Crippen LogP contribution in [0.15, 0.2) is 22.7 Å². The fraction of sp³-hybridized carbons (Fsp3) is 0.500. The molecule has 0 bridgehead atoms. The SMILES string of the molecule is COC(=O)[C@H]1COC(=O)N1C1CCN(C(=O)c2ccc(OC)c(Br)c2)CC1. The Hall–Kier alpha value is -2.29. The molecule has 0 aromatic heterocycles. The van der Waals surface area contributed by atoms with Crippen LogP contribution in [0.3, 0.4) is 0 Å². The first-order chi connectivity index (χ1) is 13.0. The largest absolute Gasteiger partial charge is 0.496 e. The molecular weight excluding hydrogens is 420 g/mol. The Balaban J connectivity index is 1.64. The van der Waals surface area contributed by atoms with Gasteiger partial charge in [0.2, 0.25) is 0 Å². The van der Waals surface area contributed by atoms with Gasteiger partial charge in [0.25, 0.3) is 5.91 Å². The summed E-state index contributed by atoms with van der Waals surface area (Å²) < 4.78 is 15.7. The second-order valence-corrected chi connectivity index (χ2v) is 7.25. The molecule has 0 N–H and O–H groups in total. The summed E-state index contributed by atoms with van der Waals surface area (Å²) in [4.78, 5) is 39.9. The lowest BCUT2D eigenvalue weighted by atomic mass is 10.0. The molecule has 2 aliphatic heterocycles. The zero-order valence-electron chi connectivity index (χ0n) is 15.1. The van der Waals surface area contributed by atoms with Crippen molar-refractivity contribution in [1.29, 1.82) is 0 Å². The van der Waals surface area contributed by atoms with Crippen molar-refractivity contribution in [3.63, 3.8) is 0 Å². The van der Waals surface area contributed by atoms with E-state index in [2.05, 4.69) is 15.9 Å². The number of benzene rings is 1. The van der Waals surface area contributed by atoms with Gasteiger partial charge in [-0.15, -0.1) is 0 Å². The first kappa shape index (κ1) is 19.5. The summed E-state index contributed by atoms with van der Waals surface area (Å²) >= 11 is 3.39. The first-order valence-electron chi connectivity index (χ1n) is 8.62. The standard InChI is InChI=1S/C18H21BrN2O6/c1-25-15-4-3-11(9-13(15)19)16(22)20-7-5-12(6-8-20)21-14(17(23)26-2)10-27-18(21)24/h3-4,9,12,14H,5-8,10H2,1-2H3/t14-/m1/s1. The Morgan fingerprint density at radius 2 is 1.93 bits per heavy atom. The van der Waals surface area contributed by atoms with Gasteiger partial charge in [-0.05, 0) is 47.0 Å². The highest BCUT2D eigenvalue weighted by atomic mass is 79.9. The summed E-state index contributed by atoms with van der Waals surface area (Å²) in [7, 11) is 2.86. The van der Waals surface area contributed by atoms with Gasteiger partial charge in [0.05, 0.1) is 18.7 Å². The average Bonchev–Trinajstić information content (AvgIpc) is 3.08. The molecular formula is C18H21BrN2O6. The second kappa shape index (κ2) is 8.16. The number of hydrogen-bond donors (Lipinski definition) is 0. The maximum atomic E-state index is 12.7. The molecule has 0 radical (unpaired) electrons. The van der Waals surface area contributed by atoms with Crippen LogP contribution in [0, 0.1) is 0 Å². The van der Waals surface area contributed by atoms with Crippen LogP contribution in [-0.4, -0.2) is 73.8 Å². The molecule has 27 heavy (non-hydrogen) atoms. The Morgan fingerprint density at radius 3 is 2.52 bits per heavy atom. The summed E-state index contributed by atoms with van der Waals surface area (Å²) in [6, 6.07) is 4.33. The summed E-state index contributed by atoms with van der Waals surface area (Å²) in [6.45, 7) is 0.986. The highest BCUT2D eigenvalue weighted by Crippen LogP contribution is 2.28. The van der Waals surface area contributed by atoms with Crippen LogP contribution in [0.5, 0.6) is 5.75 Å². The quantitative estimate of drug-likeness (QED) is 0.666. The third kappa shape index (κ3) is 3.87. The lowest BCUT2D eigenvalue weighted by Crippen LogP contribution is -2.52. The van der Waals surface area contributed by atoms with Gasteiger partial charge >= 0.3 is 12.1 Å². The van der Waals surface area contributed by atoms with E-state index >= 15 is 0 Å². The lowest BCUT2D eigenvalue weighted by molar-refractivity contribution is -0.145. The molecule has 2 amide bonds. The summed E-state index contributed by atoms with van der Waals surface area (Å²) in [5.41, 5.74) is 0.564. The van der Waals surface area contributed by atoms with Crippen LogP contribution in [0.4, 0.5) is 4.79 Å². The molecule has 2 saturated heterocycles. The Labute approximate surface area is 165 Å². The molecule has 0 unspecified atom stereocenters. The predicted octanol–water partition coefficient (Wildman–Crippen LogP) is 2.06. The van der Waals surface area contributed by atoms with Crippen molar-refractivity contribution >= 4 is 33.9 Å². The molecule has 8 nitrogen and oxygen atoms in total. The van der Waals surface area contributed by atoms with E-state index in [9.17, 15) is 14.4 Å². The van der Waals surface area contributed by atoms with Crippen LogP contribution in [0.25, 0.3) is 0 Å². The number of nitrogens with zero attached hydrogens (tertiary/aromatic N) is 2. The van der Waals surface area contributed by atoms with Crippen LogP contribution in [0.1, 0.15) is 23.2 Å². The molecule has 2 aliphatic rings. The van der Waals surface area contributed by atoms with Crippen LogP contribution in [0.2, 0.25) is 0 Å². The van der Waals surface area contributed by atoms with Crippen LogP contribution in [-0.2, 0) is 14.3 Å². The van der Waals surface area contributed by atoms with E-state index in [-0.39, 0.29) is 18.6 Å². The number of likely N-dealkylation sites (tertiary alicyclic amines) is 1. The smallest absolute Gasteiger partial charge is 0.410 e. The number of halogens is 1. The summed E-state index contributed by atoms with van der Waals surface area (Å²) in [5, 5.41) is 0. The van der Waals surface area contributed by atoms with Crippen molar-refractivity contribution < 1.29 is 28.6 Å². The maximum absolute atomic E-state index is 12.7. The Morgan fingerprint density at radius 1 is 1.22 bits per heavy atom. The van der Waals surface area contributed by atoms with Gasteiger partial charge in [-0.1, -0.05) is 0 Å². The van der Waals surface area contributed by atoms with Crippen molar-refractivity contribution in [3.8, 4) is 5.75 Å². The third-order valence-corrected chi connectivity index (χ3v) is 5.55. The fourth-order valence-corrected chi connectivity index (χ4v) is 4.02. The number of methoxy groups -OCH3 is 2. The highest BCUT2D eigenvalue weighted by molar-refractivity contribution is 9.10. The van der Waals surface area contributed by atoms with Crippen molar-refractivity contribution in [1.82, 2.24) is 9.80 Å². The maximum Gasteiger partial charge on any atom is 0.410 e. The topological polar surface area (TPSA) is 85.4 Å². The molecule has 146 valence electrons. The molecule has 2 fully saturated rings. The van der Waals surface area contributed by atoms with Gasteiger partial charge < -0.3 is 19.1 Å². The fourth-order valence-electron chi connectivity index (χ4n) is 3.48. The summed E-state index contributed by atoms with van der Waals surface area (Å²) in [5.74, 6) is 0.0967. The van der Waals surface area contributed by atoms with E-state index in [4.69, 9.17) is 14.2 Å². The molecule has 0 spiro atoms. The van der Waals surface area contributed by atoms with E-state index in [1.54, 1.807) is 30.2 Å². The van der Waals surface area contributed by atoms with Crippen molar-refractivity contribution in [2.45, 2.75) is 24.9 Å². The molecule has 1 aromatic carbocycles. The zero-order chi connectivity index (χ0) is 19.6. The molecule has 1 atom stereocenters. The molecule has 0 aliphatic carbocycles. The molecule has 3 rings (SSSR count). The Kier molecular flexibility index (Phi) is 5.88. The number of hydrogen-bond acceptors (Lipinski definition) is 6. The lowest BCUT2D eigenvalue weighted by Gasteiger charge is -2.37. The van der Waals surface area contributed by atoms with Gasteiger partial charge in [0.15, 0.2) is 6.04 Å². The number of carbonyl (C=O) groups is 3. The first-order valence-corrected chi connectivity index (χ1v) is 9.41. The molecule has 2 heterocycles. The van der Waals surface area contributed by atoms with E-state index in [0.717, 1.165) is 0 Å². The zero-order valence-corrected chi connectivity index (χ0v) is 16.7. The van der Waals surface area contributed by atoms with Gasteiger partial charge in [0.1, 0.15) is 12.4 Å². The van der Waals surface area contributed by atoms with E-state index in [0.29, 0.717) is 41.7 Å². The van der Waals surface area contributed by atoms with Crippen molar-refractivity contribution in [2.24, 2.45) is 0 Å². The number of piperidine rings is 1. The van der Waals surface area contributed by atoms with Gasteiger partial charge in [0, 0.05) is 24.7 Å². The van der Waals surface area contributed by atoms with E-state index in [1.165, 1.54) is 12.0 Å². The normalized spacial score (nSPS) is 20.4. The monoisotopic (exact) mass is 440 g/mol. The average molecular weight is 441 g/mol. The molecule has 1 aromatic rings. The van der Waals surface area contributed by atoms with Crippen molar-refractivity contribution in [2.75, 3.05) is 33.9 Å².